The van der Waals surface area contributed by atoms with Crippen LogP contribution in [0.1, 0.15) is 83.5 Å². The number of nitrogens with two attached hydrogens (primary N) is 3. The highest BCUT2D eigenvalue weighted by Gasteiger charge is 2.24. The topological polar surface area (TPSA) is 347 Å². The van der Waals surface area contributed by atoms with E-state index in [0.29, 0.717) is 91.4 Å². The van der Waals surface area contributed by atoms with Gasteiger partial charge in [0.2, 0.25) is 29.0 Å². The monoisotopic (exact) mass is 1100 g/mol. The Hall–Kier alpha value is -9.10. The van der Waals surface area contributed by atoms with Gasteiger partial charge in [-0.15, -0.1) is 0 Å². The number of ether oxygens (including phenoxy) is 3. The van der Waals surface area contributed by atoms with Crippen molar-refractivity contribution in [1.82, 2.24) is 44.0 Å². The first-order valence-electron chi connectivity index (χ1n) is 26.3. The van der Waals surface area contributed by atoms with Crippen molar-refractivity contribution in [2.24, 2.45) is 33.1 Å². The smallest absolute Gasteiger partial charge is 0.410 e. The van der Waals surface area contributed by atoms with Gasteiger partial charge in [-0.05, 0) is 94.1 Å². The Morgan fingerprint density at radius 2 is 1.45 bits per heavy atom. The van der Waals surface area contributed by atoms with Gasteiger partial charge in [0.25, 0.3) is 11.8 Å². The van der Waals surface area contributed by atoms with Crippen molar-refractivity contribution >= 4 is 69.1 Å². The molecule has 1 aliphatic rings. The van der Waals surface area contributed by atoms with E-state index in [1.54, 1.807) is 74.2 Å². The molecule has 1 atom stereocenters. The molecule has 0 aliphatic carbocycles. The number of rotatable bonds is 23. The number of hydrogen-bond donors (Lipinski definition) is 8. The molecule has 1 saturated heterocycles. The molecule has 0 saturated carbocycles. The van der Waals surface area contributed by atoms with Gasteiger partial charge in [0.15, 0.2) is 0 Å². The van der Waals surface area contributed by atoms with Crippen LogP contribution in [0.4, 0.5) is 10.5 Å². The molecule has 11 N–H and O–H groups in total. The molecule has 0 bridgehead atoms. The van der Waals surface area contributed by atoms with Crippen molar-refractivity contribution in [3.63, 3.8) is 0 Å². The summed E-state index contributed by atoms with van der Waals surface area (Å²) in [6, 6.07) is 14.2. The summed E-state index contributed by atoms with van der Waals surface area (Å²) in [5, 5.41) is 18.2. The number of allylic oxidation sites excluding steroid dienone is 3. The summed E-state index contributed by atoms with van der Waals surface area (Å²) in [7, 11) is 1.44. The first-order chi connectivity index (χ1) is 38.3. The second kappa shape index (κ2) is 26.5. The second-order valence-corrected chi connectivity index (χ2v) is 19.4. The zero-order valence-corrected chi connectivity index (χ0v) is 46.1. The van der Waals surface area contributed by atoms with Crippen LogP contribution in [0.2, 0.25) is 0 Å². The summed E-state index contributed by atoms with van der Waals surface area (Å²) in [6.07, 6.45) is 5.15. The van der Waals surface area contributed by atoms with Gasteiger partial charge >= 0.3 is 6.09 Å². The number of methoxy groups -OCH3 is 1. The van der Waals surface area contributed by atoms with Crippen molar-refractivity contribution in [3.05, 3.63) is 118 Å². The molecule has 6 aromatic rings. The number of fused-ring (bicyclic) bond motifs is 2. The summed E-state index contributed by atoms with van der Waals surface area (Å²) >= 11 is 0. The summed E-state index contributed by atoms with van der Waals surface area (Å²) in [5.74, 6) is -2.31. The number of hydrogen-bond acceptors (Lipinski definition) is 14. The van der Waals surface area contributed by atoms with Crippen molar-refractivity contribution in [1.29, 1.82) is 5.41 Å². The fourth-order valence-electron chi connectivity index (χ4n) is 8.93. The van der Waals surface area contributed by atoms with Crippen LogP contribution in [0.5, 0.6) is 11.5 Å². The Labute approximate surface area is 461 Å². The van der Waals surface area contributed by atoms with Crippen LogP contribution in [-0.4, -0.2) is 139 Å². The zero-order valence-electron chi connectivity index (χ0n) is 46.1. The van der Waals surface area contributed by atoms with Gasteiger partial charge in [-0.3, -0.25) is 33.6 Å². The van der Waals surface area contributed by atoms with E-state index in [1.165, 1.54) is 32.2 Å². The molecule has 0 spiro atoms. The van der Waals surface area contributed by atoms with Crippen LogP contribution in [-0.2, 0) is 40.6 Å². The van der Waals surface area contributed by atoms with Crippen LogP contribution in [0.15, 0.2) is 88.5 Å². The highest BCUT2D eigenvalue weighted by molar-refractivity contribution is 6.02. The first kappa shape index (κ1) is 58.6. The van der Waals surface area contributed by atoms with Gasteiger partial charge in [0.05, 0.1) is 36.5 Å². The van der Waals surface area contributed by atoms with Gasteiger partial charge < -0.3 is 71.5 Å². The van der Waals surface area contributed by atoms with E-state index < -0.39 is 35.8 Å². The van der Waals surface area contributed by atoms with Crippen molar-refractivity contribution in [3.8, 4) is 11.5 Å². The first-order valence-corrected chi connectivity index (χ1v) is 26.3. The Morgan fingerprint density at radius 3 is 2.01 bits per heavy atom. The third-order valence-corrected chi connectivity index (χ3v) is 13.1. The number of likely N-dealkylation sites (N-methyl/N-ethyl adjacent to an activating group) is 1. The molecule has 1 aliphatic heterocycles. The molecule has 0 radical (unpaired) electrons. The Kier molecular flexibility index (Phi) is 19.4. The van der Waals surface area contributed by atoms with Gasteiger partial charge in [-0.2, -0.15) is 15.1 Å². The Balaban J connectivity index is 1.11. The lowest BCUT2D eigenvalue weighted by Gasteiger charge is -2.34. The highest BCUT2D eigenvalue weighted by Crippen LogP contribution is 2.28. The van der Waals surface area contributed by atoms with E-state index >= 15 is 0 Å². The lowest BCUT2D eigenvalue weighted by atomic mass is 10.0. The number of aryl methyl sites for hydroxylation is 2. The van der Waals surface area contributed by atoms with E-state index in [-0.39, 0.29) is 83.3 Å². The number of aromatic nitrogens is 6. The SMILES string of the molecule is CCN/C(=C\C(C)=N)C(=O)/N=c1\[nH]c2cc(C(N)=O)cc(OC)c2n1C/C=C/Cn1/c(=N/C(=O)c2cc(C)nn2CC)[nH]c2cc(C(N)=O)cc(OCCCN3CCN(C(=O)OCc4ccc(NC(=O)[C@@H](N)C(C)C)cc4)CC3)c21. The molecule has 424 valence electrons. The lowest BCUT2D eigenvalue weighted by molar-refractivity contribution is -0.118. The highest BCUT2D eigenvalue weighted by atomic mass is 16.6. The zero-order chi connectivity index (χ0) is 57.8. The maximum Gasteiger partial charge on any atom is 0.410 e. The standard InChI is InChI=1S/C55H70N16O9/c1-8-60-41(25-33(5)56)50(74)64-53-62-39-27-36(48(58)72)29-43(78-7)46(39)69(53)18-10-11-19-70-47-40(63-54(70)65-51(75)42-26-34(6)66-71(42)9-2)28-37(49(59)73)30-44(47)79-24-12-17-67-20-22-68(23-21-67)55(77)80-31-35-13-15-38(16-14-35)61-52(76)45(57)32(3)4/h10-11,13-16,25-30,32,45,56,60H,8-9,12,17-24,31,57H2,1-7H3,(H2,58,72)(H2,59,73)(H,61,76)(H,62,64,74)(H,63,65,75)/b11-10+,41-25-,56-33?/t45-/m0/s1. The lowest BCUT2D eigenvalue weighted by Crippen LogP contribution is -2.49. The van der Waals surface area contributed by atoms with E-state index in [0.717, 1.165) is 5.56 Å². The number of carbonyl (C=O) groups is 6. The molecule has 3 aromatic heterocycles. The van der Waals surface area contributed by atoms with Crippen LogP contribution in [0.3, 0.4) is 0 Å². The molecule has 1 fully saturated rings. The number of benzene rings is 3. The molecule has 25 heteroatoms. The van der Waals surface area contributed by atoms with E-state index in [1.807, 2.05) is 33.8 Å². The van der Waals surface area contributed by atoms with Crippen molar-refractivity contribution in [2.45, 2.75) is 80.2 Å². The van der Waals surface area contributed by atoms with Gasteiger partial charge in [0, 0.05) is 81.4 Å². The minimum atomic E-state index is -0.702. The molecule has 25 nitrogen and oxygen atoms in total. The largest absolute Gasteiger partial charge is 0.494 e. The number of piperazine rings is 1. The molecule has 0 unspecified atom stereocenters. The Bertz CT molecular complexity index is 3510. The Morgan fingerprint density at radius 1 is 0.850 bits per heavy atom. The number of imidazole rings is 2. The normalized spacial score (nSPS) is 14.1. The van der Waals surface area contributed by atoms with Crippen LogP contribution < -0.4 is 48.5 Å². The number of anilines is 1. The molecule has 3 aromatic carbocycles. The molecule has 6 amide bonds. The molecular formula is C55H70N16O9. The van der Waals surface area contributed by atoms with Crippen LogP contribution in [0, 0.1) is 18.3 Å². The predicted octanol–water partition coefficient (Wildman–Crippen LogP) is 3.59. The minimum Gasteiger partial charge on any atom is -0.494 e. The van der Waals surface area contributed by atoms with Gasteiger partial charge in [0.1, 0.15) is 40.5 Å². The number of amides is 6. The van der Waals surface area contributed by atoms with Crippen LogP contribution in [0.25, 0.3) is 22.1 Å². The average molecular weight is 1100 g/mol. The van der Waals surface area contributed by atoms with Crippen molar-refractivity contribution in [2.75, 3.05) is 58.3 Å². The number of carbonyl (C=O) groups excluding carboxylic acids is 6. The van der Waals surface area contributed by atoms with E-state index in [2.05, 4.69) is 40.6 Å². The maximum atomic E-state index is 13.9. The van der Waals surface area contributed by atoms with Crippen LogP contribution >= 0.6 is 0 Å². The quantitative estimate of drug-likeness (QED) is 0.0197. The average Bonchev–Trinajstić information content (AvgIpc) is 4.11. The maximum absolute atomic E-state index is 13.9. The number of primary amides is 2. The molecule has 80 heavy (non-hydrogen) atoms. The van der Waals surface area contributed by atoms with E-state index in [4.69, 9.17) is 36.8 Å². The number of aromatic amines is 2. The third kappa shape index (κ3) is 14.3. The molecule has 4 heterocycles. The second-order valence-electron chi connectivity index (χ2n) is 19.4. The number of H-pyrrole nitrogens is 2. The minimum absolute atomic E-state index is 0.00638. The van der Waals surface area contributed by atoms with Gasteiger partial charge in [-0.25, -0.2) is 4.79 Å². The predicted molar refractivity (Wildman–Crippen MR) is 300 cm³/mol. The molecule has 7 rings (SSSR count). The fourth-order valence-corrected chi connectivity index (χ4v) is 8.93. The summed E-state index contributed by atoms with van der Waals surface area (Å²) in [6.45, 7) is 14.8. The summed E-state index contributed by atoms with van der Waals surface area (Å²) in [4.78, 5) is 97.2. The third-order valence-electron chi connectivity index (χ3n) is 13.1. The fraction of sp³-hybridized carbons (Fsp3) is 0.382. The number of nitrogens with one attached hydrogen (secondary N) is 5. The number of nitrogens with zero attached hydrogens (tertiary/aromatic N) is 8. The molecular weight excluding hydrogens is 1030 g/mol. The van der Waals surface area contributed by atoms with E-state index in [9.17, 15) is 28.8 Å². The summed E-state index contributed by atoms with van der Waals surface area (Å²) < 4.78 is 22.8. The van der Waals surface area contributed by atoms with Crippen molar-refractivity contribution < 1.29 is 43.0 Å². The van der Waals surface area contributed by atoms with Gasteiger partial charge in [-0.1, -0.05) is 38.1 Å². The summed E-state index contributed by atoms with van der Waals surface area (Å²) in [5.41, 5.74) is 22.3.